The van der Waals surface area contributed by atoms with E-state index in [9.17, 15) is 4.79 Å². The van der Waals surface area contributed by atoms with E-state index in [2.05, 4.69) is 13.8 Å². The predicted octanol–water partition coefficient (Wildman–Crippen LogP) is 1.00. The van der Waals surface area contributed by atoms with E-state index in [1.165, 1.54) is 6.08 Å². The smallest absolute Gasteiger partial charge is 0.328 e. The summed E-state index contributed by atoms with van der Waals surface area (Å²) in [5, 5.41) is 8.25. The highest BCUT2D eigenvalue weighted by Crippen LogP contribution is 2.02. The van der Waals surface area contributed by atoms with E-state index in [0.717, 1.165) is 12.5 Å². The number of rotatable bonds is 4. The summed E-state index contributed by atoms with van der Waals surface area (Å²) in [5.41, 5.74) is 5.57. The van der Waals surface area contributed by atoms with Crippen molar-refractivity contribution in [1.29, 1.82) is 0 Å². The summed E-state index contributed by atoms with van der Waals surface area (Å²) >= 11 is 0. The van der Waals surface area contributed by atoms with Crippen LogP contribution in [0.4, 0.5) is 0 Å². The van der Waals surface area contributed by atoms with Crippen LogP contribution in [0.25, 0.3) is 0 Å². The Kier molecular flexibility index (Phi) is 4.54. The lowest BCUT2D eigenvalue weighted by Gasteiger charge is -2.07. The van der Waals surface area contributed by atoms with Crippen LogP contribution in [0.1, 0.15) is 20.3 Å². The molecule has 0 aromatic rings. The average molecular weight is 157 g/mol. The number of nitrogens with two attached hydrogens (primary N) is 1. The molecule has 11 heavy (non-hydrogen) atoms. The lowest BCUT2D eigenvalue weighted by molar-refractivity contribution is -0.131. The van der Waals surface area contributed by atoms with E-state index in [0.29, 0.717) is 5.92 Å². The van der Waals surface area contributed by atoms with Gasteiger partial charge in [0.2, 0.25) is 0 Å². The monoisotopic (exact) mass is 157 g/mol. The van der Waals surface area contributed by atoms with Gasteiger partial charge in [0.1, 0.15) is 0 Å². The molecule has 0 unspecified atom stereocenters. The molecule has 0 aliphatic heterocycles. The molecule has 1 atom stereocenters. The van der Waals surface area contributed by atoms with E-state index >= 15 is 0 Å². The van der Waals surface area contributed by atoms with Gasteiger partial charge in [-0.2, -0.15) is 0 Å². The van der Waals surface area contributed by atoms with Gasteiger partial charge >= 0.3 is 5.97 Å². The lowest BCUT2D eigenvalue weighted by atomic mass is 10.0. The molecule has 0 radical (unpaired) electrons. The predicted molar refractivity (Wildman–Crippen MR) is 44.2 cm³/mol. The van der Waals surface area contributed by atoms with Crippen LogP contribution >= 0.6 is 0 Å². The van der Waals surface area contributed by atoms with Crippen molar-refractivity contribution in [2.24, 2.45) is 11.7 Å². The van der Waals surface area contributed by atoms with Gasteiger partial charge in [0, 0.05) is 12.1 Å². The standard InChI is InChI=1S/C8H15NO2/c1-6(2)5-7(9)3-4-8(10)11/h3-4,6-7H,5,9H2,1-2H3,(H,10,11)/t7-/m1/s1. The first-order valence-electron chi connectivity index (χ1n) is 3.69. The second-order valence-corrected chi connectivity index (χ2v) is 2.99. The number of hydrogen-bond acceptors (Lipinski definition) is 2. The molecule has 0 bridgehead atoms. The molecule has 0 saturated heterocycles. The third-order valence-corrected chi connectivity index (χ3v) is 1.23. The Labute approximate surface area is 66.9 Å². The molecule has 3 heteroatoms. The van der Waals surface area contributed by atoms with Crippen LogP contribution in [0.2, 0.25) is 0 Å². The van der Waals surface area contributed by atoms with E-state index in [4.69, 9.17) is 10.8 Å². The van der Waals surface area contributed by atoms with Crippen molar-refractivity contribution in [3.05, 3.63) is 12.2 Å². The van der Waals surface area contributed by atoms with Crippen molar-refractivity contribution < 1.29 is 9.90 Å². The Balaban J connectivity index is 3.68. The van der Waals surface area contributed by atoms with Crippen LogP contribution in [-0.4, -0.2) is 17.1 Å². The largest absolute Gasteiger partial charge is 0.478 e. The minimum atomic E-state index is -0.941. The Morgan fingerprint density at radius 2 is 2.18 bits per heavy atom. The highest BCUT2D eigenvalue weighted by Gasteiger charge is 2.00. The highest BCUT2D eigenvalue weighted by atomic mass is 16.4. The maximum Gasteiger partial charge on any atom is 0.328 e. The molecule has 3 N–H and O–H groups in total. The quantitative estimate of drug-likeness (QED) is 0.598. The molecule has 0 saturated carbocycles. The molecule has 0 aliphatic rings. The van der Waals surface area contributed by atoms with Crippen LogP contribution in [0.15, 0.2) is 12.2 Å². The van der Waals surface area contributed by atoms with Crippen LogP contribution < -0.4 is 5.73 Å². The summed E-state index contributed by atoms with van der Waals surface area (Å²) in [5.74, 6) is -0.437. The summed E-state index contributed by atoms with van der Waals surface area (Å²) < 4.78 is 0. The molecule has 0 fully saturated rings. The second kappa shape index (κ2) is 4.91. The van der Waals surface area contributed by atoms with Gasteiger partial charge < -0.3 is 10.8 Å². The molecule has 0 aliphatic carbocycles. The first kappa shape index (κ1) is 10.2. The van der Waals surface area contributed by atoms with E-state index in [-0.39, 0.29) is 6.04 Å². The molecular weight excluding hydrogens is 142 g/mol. The van der Waals surface area contributed by atoms with Gasteiger partial charge in [-0.1, -0.05) is 19.9 Å². The average Bonchev–Trinajstić information content (AvgIpc) is 1.82. The third-order valence-electron chi connectivity index (χ3n) is 1.23. The van der Waals surface area contributed by atoms with Crippen LogP contribution in [-0.2, 0) is 4.79 Å². The molecule has 3 nitrogen and oxygen atoms in total. The topological polar surface area (TPSA) is 63.3 Å². The Hall–Kier alpha value is -0.830. The van der Waals surface area contributed by atoms with Gasteiger partial charge in [0.05, 0.1) is 0 Å². The van der Waals surface area contributed by atoms with Crippen LogP contribution in [0.5, 0.6) is 0 Å². The van der Waals surface area contributed by atoms with Gasteiger partial charge in [-0.05, 0) is 12.3 Å². The van der Waals surface area contributed by atoms with Gasteiger partial charge in [-0.15, -0.1) is 0 Å². The SMILES string of the molecule is CC(C)C[C@H](N)C=CC(=O)O. The highest BCUT2D eigenvalue weighted by molar-refractivity contribution is 5.79. The number of carboxylic acid groups (broad SMARTS) is 1. The maximum atomic E-state index is 10.0. The van der Waals surface area contributed by atoms with Crippen LogP contribution in [0, 0.1) is 5.92 Å². The van der Waals surface area contributed by atoms with E-state index < -0.39 is 5.97 Å². The van der Waals surface area contributed by atoms with Gasteiger partial charge in [-0.3, -0.25) is 0 Å². The van der Waals surface area contributed by atoms with Crippen molar-refractivity contribution in [3.63, 3.8) is 0 Å². The van der Waals surface area contributed by atoms with E-state index in [1.807, 2.05) is 0 Å². The number of aliphatic carboxylic acids is 1. The van der Waals surface area contributed by atoms with Gasteiger partial charge in [-0.25, -0.2) is 4.79 Å². The summed E-state index contributed by atoms with van der Waals surface area (Å²) in [4.78, 5) is 10.0. The zero-order chi connectivity index (χ0) is 8.85. The third kappa shape index (κ3) is 7.06. The molecular formula is C8H15NO2. The number of carbonyl (C=O) groups is 1. The molecule has 0 amide bonds. The van der Waals surface area contributed by atoms with Crippen molar-refractivity contribution in [3.8, 4) is 0 Å². The molecule has 0 spiro atoms. The summed E-state index contributed by atoms with van der Waals surface area (Å²) in [6, 6.07) is -0.133. The number of carboxylic acids is 1. The minimum Gasteiger partial charge on any atom is -0.478 e. The molecule has 0 aromatic carbocycles. The zero-order valence-electron chi connectivity index (χ0n) is 6.95. The first-order chi connectivity index (χ1) is 5.02. The minimum absolute atomic E-state index is 0.133. The fourth-order valence-electron chi connectivity index (χ4n) is 0.829. The van der Waals surface area contributed by atoms with Gasteiger partial charge in [0.15, 0.2) is 0 Å². The van der Waals surface area contributed by atoms with Crippen LogP contribution in [0.3, 0.4) is 0 Å². The van der Waals surface area contributed by atoms with Gasteiger partial charge in [0.25, 0.3) is 0 Å². The van der Waals surface area contributed by atoms with Crippen molar-refractivity contribution in [2.45, 2.75) is 26.3 Å². The normalized spacial score (nSPS) is 14.2. The fraction of sp³-hybridized carbons (Fsp3) is 0.625. The first-order valence-corrected chi connectivity index (χ1v) is 3.69. The van der Waals surface area contributed by atoms with Crippen molar-refractivity contribution in [2.75, 3.05) is 0 Å². The molecule has 0 heterocycles. The molecule has 0 aromatic heterocycles. The van der Waals surface area contributed by atoms with E-state index in [1.54, 1.807) is 0 Å². The van der Waals surface area contributed by atoms with Crippen molar-refractivity contribution >= 4 is 5.97 Å². The Bertz CT molecular complexity index is 152. The lowest BCUT2D eigenvalue weighted by Crippen LogP contribution is -2.19. The molecule has 0 rings (SSSR count). The summed E-state index contributed by atoms with van der Waals surface area (Å²) in [6.45, 7) is 4.10. The number of hydrogen-bond donors (Lipinski definition) is 2. The maximum absolute atomic E-state index is 10.0. The molecule has 64 valence electrons. The van der Waals surface area contributed by atoms with Crippen molar-refractivity contribution in [1.82, 2.24) is 0 Å². The summed E-state index contributed by atoms with van der Waals surface area (Å²) in [6.07, 6.45) is 3.43. The Morgan fingerprint density at radius 1 is 1.64 bits per heavy atom. The Morgan fingerprint density at radius 3 is 2.55 bits per heavy atom. The zero-order valence-corrected chi connectivity index (χ0v) is 6.95. The fourth-order valence-corrected chi connectivity index (χ4v) is 0.829. The second-order valence-electron chi connectivity index (χ2n) is 2.99. The summed E-state index contributed by atoms with van der Waals surface area (Å²) in [7, 11) is 0.